The standard InChI is InChI=1S/C17H16F2N2O2S/c18-12-1-2-14(19)13(10-12)15-4-6-21(7-8-24-15)17(23)11-3-5-20-16(22)9-11/h1-3,5,9-10,15H,4,6-8H2,(H,20,22). The van der Waals surface area contributed by atoms with Crippen molar-refractivity contribution in [2.45, 2.75) is 11.7 Å². The second kappa shape index (κ2) is 7.17. The van der Waals surface area contributed by atoms with Crippen LogP contribution in [0.15, 0.2) is 41.3 Å². The number of amides is 1. The van der Waals surface area contributed by atoms with Gasteiger partial charge >= 0.3 is 0 Å². The Morgan fingerprint density at radius 3 is 2.83 bits per heavy atom. The molecule has 4 nitrogen and oxygen atoms in total. The number of nitrogens with zero attached hydrogens (tertiary/aromatic N) is 1. The van der Waals surface area contributed by atoms with Crippen LogP contribution in [-0.4, -0.2) is 34.6 Å². The molecule has 1 aromatic heterocycles. The fraction of sp³-hybridized carbons (Fsp3) is 0.294. The molecule has 1 N–H and O–H groups in total. The van der Waals surface area contributed by atoms with Crippen LogP contribution in [0.1, 0.15) is 27.6 Å². The van der Waals surface area contributed by atoms with E-state index in [9.17, 15) is 18.4 Å². The molecule has 1 amide bonds. The SMILES string of the molecule is O=C(c1cc[nH]c(=O)c1)N1CCSC(c2cc(F)ccc2F)CC1. The summed E-state index contributed by atoms with van der Waals surface area (Å²) in [5.41, 5.74) is 0.342. The van der Waals surface area contributed by atoms with Gasteiger partial charge in [-0.25, -0.2) is 8.78 Å². The van der Waals surface area contributed by atoms with Crippen LogP contribution in [0.2, 0.25) is 0 Å². The van der Waals surface area contributed by atoms with Crippen molar-refractivity contribution in [1.82, 2.24) is 9.88 Å². The number of rotatable bonds is 2. The van der Waals surface area contributed by atoms with Crippen molar-refractivity contribution < 1.29 is 13.6 Å². The van der Waals surface area contributed by atoms with Gasteiger partial charge in [0.2, 0.25) is 5.56 Å². The largest absolute Gasteiger partial charge is 0.338 e. The molecule has 1 saturated heterocycles. The number of carbonyl (C=O) groups is 1. The molecule has 126 valence electrons. The van der Waals surface area contributed by atoms with Crippen LogP contribution < -0.4 is 5.56 Å². The van der Waals surface area contributed by atoms with Crippen molar-refractivity contribution >= 4 is 17.7 Å². The fourth-order valence-electron chi connectivity index (χ4n) is 2.74. The smallest absolute Gasteiger partial charge is 0.254 e. The van der Waals surface area contributed by atoms with Crippen molar-refractivity contribution in [2.24, 2.45) is 0 Å². The highest BCUT2D eigenvalue weighted by molar-refractivity contribution is 7.99. The van der Waals surface area contributed by atoms with E-state index in [1.165, 1.54) is 30.1 Å². The molecule has 3 rings (SSSR count). The number of hydrogen-bond donors (Lipinski definition) is 1. The predicted molar refractivity (Wildman–Crippen MR) is 89.1 cm³/mol. The molecule has 24 heavy (non-hydrogen) atoms. The minimum absolute atomic E-state index is 0.197. The highest BCUT2D eigenvalue weighted by Crippen LogP contribution is 2.36. The van der Waals surface area contributed by atoms with E-state index < -0.39 is 11.6 Å². The molecule has 0 saturated carbocycles. The van der Waals surface area contributed by atoms with E-state index in [1.54, 1.807) is 11.0 Å². The summed E-state index contributed by atoms with van der Waals surface area (Å²) in [6, 6.07) is 6.29. The molecule has 2 aromatic rings. The van der Waals surface area contributed by atoms with Gasteiger partial charge in [0.15, 0.2) is 0 Å². The lowest BCUT2D eigenvalue weighted by Gasteiger charge is -2.20. The summed E-state index contributed by atoms with van der Waals surface area (Å²) >= 11 is 1.51. The second-order valence-corrected chi connectivity index (χ2v) is 6.86. The summed E-state index contributed by atoms with van der Waals surface area (Å²) < 4.78 is 27.3. The van der Waals surface area contributed by atoms with Crippen molar-refractivity contribution in [1.29, 1.82) is 0 Å². The van der Waals surface area contributed by atoms with Gasteiger partial charge in [0.25, 0.3) is 5.91 Å². The van der Waals surface area contributed by atoms with E-state index in [0.717, 1.165) is 12.1 Å². The first-order valence-electron chi connectivity index (χ1n) is 7.59. The number of carbonyl (C=O) groups excluding carboxylic acids is 1. The molecule has 1 atom stereocenters. The number of aromatic amines is 1. The average molecular weight is 350 g/mol. The summed E-state index contributed by atoms with van der Waals surface area (Å²) in [4.78, 5) is 28.0. The minimum atomic E-state index is -0.465. The van der Waals surface area contributed by atoms with E-state index in [2.05, 4.69) is 4.98 Å². The Labute approximate surface area is 141 Å². The number of H-pyrrole nitrogens is 1. The van der Waals surface area contributed by atoms with Gasteiger partial charge in [-0.3, -0.25) is 9.59 Å². The summed E-state index contributed by atoms with van der Waals surface area (Å²) in [6.07, 6.45) is 1.97. The van der Waals surface area contributed by atoms with E-state index >= 15 is 0 Å². The van der Waals surface area contributed by atoms with Crippen LogP contribution in [0.4, 0.5) is 8.78 Å². The lowest BCUT2D eigenvalue weighted by molar-refractivity contribution is 0.0766. The van der Waals surface area contributed by atoms with Crippen LogP contribution in [0.3, 0.4) is 0 Å². The normalized spacial score (nSPS) is 18.2. The Balaban J connectivity index is 1.74. The van der Waals surface area contributed by atoms with E-state index in [4.69, 9.17) is 0 Å². The summed E-state index contributed by atoms with van der Waals surface area (Å²) in [6.45, 7) is 0.934. The topological polar surface area (TPSA) is 53.2 Å². The molecule has 2 heterocycles. The second-order valence-electron chi connectivity index (χ2n) is 5.55. The van der Waals surface area contributed by atoms with Gasteiger partial charge in [-0.2, -0.15) is 11.8 Å². The van der Waals surface area contributed by atoms with Gasteiger partial charge < -0.3 is 9.88 Å². The number of nitrogens with one attached hydrogen (secondary N) is 1. The van der Waals surface area contributed by atoms with E-state index in [0.29, 0.717) is 36.4 Å². The number of pyridine rings is 1. The first-order valence-corrected chi connectivity index (χ1v) is 8.64. The Bertz CT molecular complexity index is 809. The summed E-state index contributed by atoms with van der Waals surface area (Å²) in [5, 5.41) is -0.197. The monoisotopic (exact) mass is 350 g/mol. The summed E-state index contributed by atoms with van der Waals surface area (Å²) in [5.74, 6) is -0.492. The molecule has 0 radical (unpaired) electrons. The van der Waals surface area contributed by atoms with Crippen molar-refractivity contribution in [3.8, 4) is 0 Å². The number of aromatic nitrogens is 1. The number of halogens is 2. The van der Waals surface area contributed by atoms with Crippen molar-refractivity contribution in [3.63, 3.8) is 0 Å². The molecule has 0 aliphatic carbocycles. The molecule has 0 spiro atoms. The molecular weight excluding hydrogens is 334 g/mol. The number of hydrogen-bond acceptors (Lipinski definition) is 3. The van der Waals surface area contributed by atoms with Gasteiger partial charge in [0.1, 0.15) is 11.6 Å². The molecule has 1 unspecified atom stereocenters. The average Bonchev–Trinajstić information content (AvgIpc) is 2.82. The van der Waals surface area contributed by atoms with E-state index in [-0.39, 0.29) is 16.7 Å². The molecule has 7 heteroatoms. The van der Waals surface area contributed by atoms with Crippen molar-refractivity contribution in [3.05, 3.63) is 69.6 Å². The van der Waals surface area contributed by atoms with Crippen LogP contribution >= 0.6 is 11.8 Å². The molecule has 0 bridgehead atoms. The zero-order chi connectivity index (χ0) is 17.1. The fourth-order valence-corrected chi connectivity index (χ4v) is 3.99. The lowest BCUT2D eigenvalue weighted by atomic mass is 10.1. The Hall–Kier alpha value is -2.15. The third-order valence-electron chi connectivity index (χ3n) is 3.96. The minimum Gasteiger partial charge on any atom is -0.338 e. The molecular formula is C17H16F2N2O2S. The molecule has 1 aliphatic heterocycles. The Morgan fingerprint density at radius 1 is 1.21 bits per heavy atom. The number of benzene rings is 1. The van der Waals surface area contributed by atoms with Gasteiger partial charge in [-0.15, -0.1) is 0 Å². The van der Waals surface area contributed by atoms with Crippen LogP contribution in [-0.2, 0) is 0 Å². The quantitative estimate of drug-likeness (QED) is 0.906. The zero-order valence-electron chi connectivity index (χ0n) is 12.8. The lowest BCUT2D eigenvalue weighted by Crippen LogP contribution is -2.33. The predicted octanol–water partition coefficient (Wildman–Crippen LogP) is 2.97. The molecule has 1 fully saturated rings. The van der Waals surface area contributed by atoms with Crippen LogP contribution in [0, 0.1) is 11.6 Å². The Morgan fingerprint density at radius 2 is 2.04 bits per heavy atom. The van der Waals surface area contributed by atoms with E-state index in [1.807, 2.05) is 0 Å². The Kier molecular flexibility index (Phi) is 4.99. The van der Waals surface area contributed by atoms with Gasteiger partial charge in [-0.1, -0.05) is 0 Å². The highest BCUT2D eigenvalue weighted by Gasteiger charge is 2.25. The van der Waals surface area contributed by atoms with Crippen LogP contribution in [0.25, 0.3) is 0 Å². The van der Waals surface area contributed by atoms with Gasteiger partial charge in [-0.05, 0) is 30.7 Å². The van der Waals surface area contributed by atoms with Gasteiger partial charge in [0.05, 0.1) is 0 Å². The third-order valence-corrected chi connectivity index (χ3v) is 5.27. The maximum atomic E-state index is 14.0. The first kappa shape index (κ1) is 16.7. The highest BCUT2D eigenvalue weighted by atomic mass is 32.2. The first-order chi connectivity index (χ1) is 11.5. The maximum Gasteiger partial charge on any atom is 0.254 e. The maximum absolute atomic E-state index is 14.0. The van der Waals surface area contributed by atoms with Crippen LogP contribution in [0.5, 0.6) is 0 Å². The van der Waals surface area contributed by atoms with Crippen molar-refractivity contribution in [2.75, 3.05) is 18.8 Å². The zero-order valence-corrected chi connectivity index (χ0v) is 13.6. The summed E-state index contributed by atoms with van der Waals surface area (Å²) in [7, 11) is 0. The van der Waals surface area contributed by atoms with Gasteiger partial charge in [0, 0.05) is 47.5 Å². The molecule has 1 aliphatic rings. The number of thioether (sulfide) groups is 1. The molecule has 1 aromatic carbocycles. The third kappa shape index (κ3) is 3.67.